The van der Waals surface area contributed by atoms with Gasteiger partial charge in [-0.2, -0.15) is 0 Å². The lowest BCUT2D eigenvalue weighted by atomic mass is 9.99. The van der Waals surface area contributed by atoms with Gasteiger partial charge in [-0.1, -0.05) is 30.3 Å². The van der Waals surface area contributed by atoms with Gasteiger partial charge in [0.2, 0.25) is 0 Å². The second-order valence-corrected chi connectivity index (χ2v) is 5.06. The maximum atomic E-state index is 13.0. The number of hydrogen-bond acceptors (Lipinski definition) is 1. The number of pyridine rings is 1. The summed E-state index contributed by atoms with van der Waals surface area (Å²) in [5.74, 6) is 0. The maximum Gasteiger partial charge on any atom is 0.491 e. The van der Waals surface area contributed by atoms with Gasteiger partial charge >= 0.3 is 6.30 Å². The molecule has 0 spiro atoms. The molecule has 0 aliphatic carbocycles. The molecule has 0 fully saturated rings. The van der Waals surface area contributed by atoms with Crippen LogP contribution in [0.15, 0.2) is 59.4 Å². The minimum Gasteiger partial charge on any atom is -0.269 e. The van der Waals surface area contributed by atoms with E-state index in [1.54, 1.807) is 12.1 Å². The fraction of sp³-hybridized carbons (Fsp3) is 0.118. The van der Waals surface area contributed by atoms with E-state index in [4.69, 9.17) is 0 Å². The third-order valence-electron chi connectivity index (χ3n) is 3.60. The Labute approximate surface area is 124 Å². The van der Waals surface area contributed by atoms with Crippen LogP contribution in [0.1, 0.15) is 5.56 Å². The van der Waals surface area contributed by atoms with Crippen molar-refractivity contribution in [1.29, 1.82) is 0 Å². The molecule has 3 aromatic rings. The van der Waals surface area contributed by atoms with Crippen LogP contribution in [-0.2, 0) is 6.30 Å². The third-order valence-corrected chi connectivity index (χ3v) is 3.60. The number of hydrogen-bond donors (Lipinski definition) is 0. The summed E-state index contributed by atoms with van der Waals surface area (Å²) in [6.07, 6.45) is -4.74. The van der Waals surface area contributed by atoms with E-state index in [1.165, 1.54) is 12.1 Å². The smallest absolute Gasteiger partial charge is 0.269 e. The zero-order valence-electron chi connectivity index (χ0n) is 11.7. The molecule has 0 radical (unpaired) electrons. The first-order valence-corrected chi connectivity index (χ1v) is 6.67. The predicted molar refractivity (Wildman–Crippen MR) is 79.7 cm³/mol. The molecule has 0 saturated carbocycles. The molecule has 112 valence electrons. The second-order valence-electron chi connectivity index (χ2n) is 5.06. The summed E-state index contributed by atoms with van der Waals surface area (Å²) in [6.45, 7) is 1.94. The Morgan fingerprint density at radius 3 is 2.36 bits per heavy atom. The Kier molecular flexibility index (Phi) is 3.28. The largest absolute Gasteiger partial charge is 0.491 e. The average Bonchev–Trinajstić information content (AvgIpc) is 2.46. The Morgan fingerprint density at radius 1 is 0.955 bits per heavy atom. The summed E-state index contributed by atoms with van der Waals surface area (Å²) in [5.41, 5.74) is 1.58. The summed E-state index contributed by atoms with van der Waals surface area (Å²) in [4.78, 5) is 11.5. The van der Waals surface area contributed by atoms with Crippen molar-refractivity contribution in [3.05, 3.63) is 70.5 Å². The second kappa shape index (κ2) is 5.02. The van der Waals surface area contributed by atoms with Crippen molar-refractivity contribution in [2.24, 2.45) is 0 Å². The maximum absolute atomic E-state index is 13.0. The van der Waals surface area contributed by atoms with Crippen molar-refractivity contribution in [1.82, 2.24) is 4.57 Å². The van der Waals surface area contributed by atoms with Gasteiger partial charge in [0.1, 0.15) is 0 Å². The van der Waals surface area contributed by atoms with Crippen LogP contribution in [0.5, 0.6) is 0 Å². The Hall–Kier alpha value is -2.56. The van der Waals surface area contributed by atoms with Gasteiger partial charge in [-0.15, -0.1) is 13.2 Å². The van der Waals surface area contributed by atoms with Gasteiger partial charge in [0, 0.05) is 6.07 Å². The number of halogens is 3. The van der Waals surface area contributed by atoms with E-state index < -0.39 is 11.9 Å². The number of alkyl halides is 3. The topological polar surface area (TPSA) is 22.0 Å². The summed E-state index contributed by atoms with van der Waals surface area (Å²) < 4.78 is 39.0. The van der Waals surface area contributed by atoms with Crippen LogP contribution in [0.4, 0.5) is 13.2 Å². The van der Waals surface area contributed by atoms with Crippen LogP contribution in [-0.4, -0.2) is 4.57 Å². The Bertz CT molecular complexity index is 910. The fourth-order valence-electron chi connectivity index (χ4n) is 2.57. The minimum atomic E-state index is -4.74. The highest BCUT2D eigenvalue weighted by Crippen LogP contribution is 2.29. The lowest BCUT2D eigenvalue weighted by molar-refractivity contribution is -0.202. The molecular formula is C17H12F3NO. The van der Waals surface area contributed by atoms with Crippen LogP contribution in [0.2, 0.25) is 0 Å². The summed E-state index contributed by atoms with van der Waals surface area (Å²) in [5, 5.41) is 0.373. The van der Waals surface area contributed by atoms with Crippen LogP contribution >= 0.6 is 0 Å². The van der Waals surface area contributed by atoms with Crippen molar-refractivity contribution >= 4 is 10.9 Å². The van der Waals surface area contributed by atoms with E-state index in [2.05, 4.69) is 0 Å². The van der Waals surface area contributed by atoms with E-state index in [-0.39, 0.29) is 10.1 Å². The molecule has 2 nitrogen and oxygen atoms in total. The first-order valence-electron chi connectivity index (χ1n) is 6.67. The van der Waals surface area contributed by atoms with Crippen LogP contribution in [0, 0.1) is 6.92 Å². The van der Waals surface area contributed by atoms with Crippen molar-refractivity contribution in [3.63, 3.8) is 0 Å². The molecule has 0 atom stereocenters. The number of benzene rings is 2. The summed E-state index contributed by atoms with van der Waals surface area (Å²) >= 11 is 0. The molecule has 1 heterocycles. The summed E-state index contributed by atoms with van der Waals surface area (Å²) in [7, 11) is 0. The number of fused-ring (bicyclic) bond motifs is 1. The molecular weight excluding hydrogens is 291 g/mol. The first-order chi connectivity index (χ1) is 10.4. The SMILES string of the molecule is Cc1ccccc1-c1ccc2c(ccc(=O)n2C(F)(F)F)c1. The normalized spacial score (nSPS) is 11.8. The zero-order chi connectivity index (χ0) is 15.9. The van der Waals surface area contributed by atoms with Crippen molar-refractivity contribution in [3.8, 4) is 11.1 Å². The van der Waals surface area contributed by atoms with Gasteiger partial charge in [-0.3, -0.25) is 4.79 Å². The minimum absolute atomic E-state index is 0.135. The van der Waals surface area contributed by atoms with Gasteiger partial charge in [-0.25, -0.2) is 4.57 Å². The number of rotatable bonds is 1. The quantitative estimate of drug-likeness (QED) is 0.651. The van der Waals surface area contributed by atoms with Crippen LogP contribution < -0.4 is 5.56 Å². The fourth-order valence-corrected chi connectivity index (χ4v) is 2.57. The van der Waals surface area contributed by atoms with Gasteiger partial charge in [-0.05, 0) is 47.2 Å². The van der Waals surface area contributed by atoms with E-state index in [0.717, 1.165) is 22.8 Å². The molecule has 0 unspecified atom stereocenters. The molecule has 22 heavy (non-hydrogen) atoms. The van der Waals surface area contributed by atoms with Crippen LogP contribution in [0.3, 0.4) is 0 Å². The number of nitrogens with zero attached hydrogens (tertiary/aromatic N) is 1. The molecule has 2 aromatic carbocycles. The number of aromatic nitrogens is 1. The van der Waals surface area contributed by atoms with E-state index in [9.17, 15) is 18.0 Å². The molecule has 0 aliphatic rings. The highest BCUT2D eigenvalue weighted by molar-refractivity contribution is 5.85. The third kappa shape index (κ3) is 2.39. The van der Waals surface area contributed by atoms with Crippen molar-refractivity contribution < 1.29 is 13.2 Å². The lowest BCUT2D eigenvalue weighted by Gasteiger charge is -2.14. The van der Waals surface area contributed by atoms with Gasteiger partial charge in [0.15, 0.2) is 0 Å². The van der Waals surface area contributed by atoms with Gasteiger partial charge in [0.05, 0.1) is 5.52 Å². The zero-order valence-corrected chi connectivity index (χ0v) is 11.7. The molecule has 1 aromatic heterocycles. The van der Waals surface area contributed by atoms with E-state index in [0.29, 0.717) is 5.39 Å². The molecule has 0 N–H and O–H groups in total. The molecule has 0 saturated heterocycles. The Morgan fingerprint density at radius 2 is 1.68 bits per heavy atom. The highest BCUT2D eigenvalue weighted by atomic mass is 19.4. The van der Waals surface area contributed by atoms with E-state index >= 15 is 0 Å². The predicted octanol–water partition coefficient (Wildman–Crippen LogP) is 4.45. The average molecular weight is 303 g/mol. The van der Waals surface area contributed by atoms with Gasteiger partial charge in [0.25, 0.3) is 5.56 Å². The first kappa shape index (κ1) is 14.4. The van der Waals surface area contributed by atoms with Crippen molar-refractivity contribution in [2.75, 3.05) is 0 Å². The van der Waals surface area contributed by atoms with E-state index in [1.807, 2.05) is 31.2 Å². The number of aryl methyl sites for hydroxylation is 1. The molecule has 5 heteroatoms. The monoisotopic (exact) mass is 303 g/mol. The molecule has 0 amide bonds. The molecule has 0 aliphatic heterocycles. The van der Waals surface area contributed by atoms with Crippen LogP contribution in [0.25, 0.3) is 22.0 Å². The molecule has 0 bridgehead atoms. The lowest BCUT2D eigenvalue weighted by Crippen LogP contribution is -2.30. The standard InChI is InChI=1S/C17H12F3NO/c1-11-4-2-3-5-14(11)12-6-8-15-13(10-12)7-9-16(22)21(15)17(18,19)20/h2-10H,1H3. The van der Waals surface area contributed by atoms with Crippen molar-refractivity contribution in [2.45, 2.75) is 13.2 Å². The molecule has 3 rings (SSSR count). The Balaban J connectivity index is 2.28. The highest BCUT2D eigenvalue weighted by Gasteiger charge is 2.33. The summed E-state index contributed by atoms with van der Waals surface area (Å²) in [6, 6.07) is 14.6. The van der Waals surface area contributed by atoms with Gasteiger partial charge < -0.3 is 0 Å².